The summed E-state index contributed by atoms with van der Waals surface area (Å²) in [4.78, 5) is 6.75. The van der Waals surface area contributed by atoms with Crippen molar-refractivity contribution in [1.82, 2.24) is 10.3 Å². The summed E-state index contributed by atoms with van der Waals surface area (Å²) in [6.45, 7) is 2.00. The number of pyridine rings is 1. The molecule has 6 rings (SSSR count). The van der Waals surface area contributed by atoms with Crippen molar-refractivity contribution in [2.75, 3.05) is 4.90 Å². The average Bonchev–Trinajstić information content (AvgIpc) is 3.67. The molecule has 0 unspecified atom stereocenters. The number of hydrogen-bond donors (Lipinski definition) is 1. The van der Waals surface area contributed by atoms with Crippen molar-refractivity contribution >= 4 is 34.6 Å². The summed E-state index contributed by atoms with van der Waals surface area (Å²) in [6.07, 6.45) is 6.86. The number of furan rings is 1. The largest absolute Gasteiger partial charge is 0.490 e. The number of aromatic nitrogens is 1. The molecule has 1 saturated heterocycles. The Hall–Kier alpha value is -3.35. The summed E-state index contributed by atoms with van der Waals surface area (Å²) >= 11 is 12.3. The Kier molecular flexibility index (Phi) is 6.61. The molecule has 2 aromatic heterocycles. The van der Waals surface area contributed by atoms with Crippen LogP contribution < -0.4 is 15.0 Å². The zero-order chi connectivity index (χ0) is 25.4. The Morgan fingerprint density at radius 3 is 2.57 bits per heavy atom. The lowest BCUT2D eigenvalue weighted by atomic mass is 10.0. The Morgan fingerprint density at radius 1 is 1.00 bits per heavy atom. The number of thiocarbonyl (C=S) groups is 1. The van der Waals surface area contributed by atoms with Crippen LogP contribution in [0.3, 0.4) is 0 Å². The van der Waals surface area contributed by atoms with E-state index in [0.717, 1.165) is 52.6 Å². The van der Waals surface area contributed by atoms with Gasteiger partial charge in [-0.3, -0.25) is 4.98 Å². The second-order valence-electron chi connectivity index (χ2n) is 9.63. The van der Waals surface area contributed by atoms with Gasteiger partial charge < -0.3 is 19.4 Å². The van der Waals surface area contributed by atoms with E-state index in [1.54, 1.807) is 6.20 Å². The van der Waals surface area contributed by atoms with Crippen LogP contribution in [-0.2, 0) is 0 Å². The molecule has 2 fully saturated rings. The van der Waals surface area contributed by atoms with Crippen molar-refractivity contribution in [2.45, 2.75) is 50.8 Å². The van der Waals surface area contributed by atoms with Crippen molar-refractivity contribution in [3.8, 4) is 17.1 Å². The van der Waals surface area contributed by atoms with Gasteiger partial charge in [0.2, 0.25) is 0 Å². The highest BCUT2D eigenvalue weighted by molar-refractivity contribution is 7.80. The second kappa shape index (κ2) is 10.2. The highest BCUT2D eigenvalue weighted by Crippen LogP contribution is 2.43. The van der Waals surface area contributed by atoms with Gasteiger partial charge in [0.1, 0.15) is 23.3 Å². The van der Waals surface area contributed by atoms with E-state index in [0.29, 0.717) is 16.2 Å². The smallest absolute Gasteiger partial charge is 0.174 e. The molecule has 0 amide bonds. The first-order chi connectivity index (χ1) is 18.1. The Labute approximate surface area is 227 Å². The molecule has 1 aliphatic carbocycles. The molecule has 2 aromatic carbocycles. The first-order valence-electron chi connectivity index (χ1n) is 12.7. The molecule has 0 spiro atoms. The molecule has 4 aromatic rings. The van der Waals surface area contributed by atoms with Crippen molar-refractivity contribution in [3.05, 3.63) is 101 Å². The molecule has 1 N–H and O–H groups in total. The van der Waals surface area contributed by atoms with Crippen LogP contribution in [0.5, 0.6) is 5.75 Å². The van der Waals surface area contributed by atoms with E-state index in [-0.39, 0.29) is 12.1 Å². The van der Waals surface area contributed by atoms with Crippen LogP contribution in [0.1, 0.15) is 54.8 Å². The number of ether oxygens (including phenoxy) is 1. The van der Waals surface area contributed by atoms with E-state index >= 15 is 0 Å². The predicted molar refractivity (Wildman–Crippen MR) is 151 cm³/mol. The average molecular weight is 530 g/mol. The van der Waals surface area contributed by atoms with Crippen LogP contribution >= 0.6 is 23.8 Å². The molecule has 0 radical (unpaired) electrons. The Morgan fingerprint density at radius 2 is 1.81 bits per heavy atom. The lowest BCUT2D eigenvalue weighted by Gasteiger charge is -2.26. The van der Waals surface area contributed by atoms with Crippen LogP contribution in [0.15, 0.2) is 83.4 Å². The van der Waals surface area contributed by atoms with Crippen molar-refractivity contribution in [3.63, 3.8) is 0 Å². The van der Waals surface area contributed by atoms with Crippen molar-refractivity contribution in [2.24, 2.45) is 0 Å². The Balaban J connectivity index is 1.36. The number of halogens is 1. The molecular formula is C30H28ClN3O2S. The van der Waals surface area contributed by atoms with Crippen molar-refractivity contribution in [1.29, 1.82) is 0 Å². The van der Waals surface area contributed by atoms with Gasteiger partial charge in [-0.25, -0.2) is 0 Å². The van der Waals surface area contributed by atoms with E-state index in [4.69, 9.17) is 33.0 Å². The molecule has 0 bridgehead atoms. The van der Waals surface area contributed by atoms with Crippen LogP contribution in [0.2, 0.25) is 5.02 Å². The summed E-state index contributed by atoms with van der Waals surface area (Å²) in [5.41, 5.74) is 3.83. The number of nitrogens with one attached hydrogen (secondary N) is 1. The van der Waals surface area contributed by atoms with Crippen molar-refractivity contribution < 1.29 is 9.15 Å². The summed E-state index contributed by atoms with van der Waals surface area (Å²) in [5.74, 6) is 2.46. The minimum atomic E-state index is -0.225. The fourth-order valence-electron chi connectivity index (χ4n) is 5.34. The summed E-state index contributed by atoms with van der Waals surface area (Å²) in [6, 6.07) is 23.6. The maximum atomic E-state index is 6.50. The molecule has 7 heteroatoms. The van der Waals surface area contributed by atoms with Crippen LogP contribution in [-0.4, -0.2) is 16.2 Å². The molecule has 37 heavy (non-hydrogen) atoms. The van der Waals surface area contributed by atoms with E-state index in [1.165, 1.54) is 12.8 Å². The lowest BCUT2D eigenvalue weighted by molar-refractivity contribution is 0.210. The molecule has 1 saturated carbocycles. The molecule has 3 heterocycles. The Bertz CT molecular complexity index is 1400. The summed E-state index contributed by atoms with van der Waals surface area (Å²) in [5, 5.41) is 4.83. The second-order valence-corrected chi connectivity index (χ2v) is 10.4. The number of benzene rings is 2. The zero-order valence-corrected chi connectivity index (χ0v) is 22.1. The molecule has 188 valence electrons. The predicted octanol–water partition coefficient (Wildman–Crippen LogP) is 7.80. The number of hydrogen-bond acceptors (Lipinski definition) is 4. The maximum Gasteiger partial charge on any atom is 0.174 e. The van der Waals surface area contributed by atoms with E-state index in [2.05, 4.69) is 27.3 Å². The minimum absolute atomic E-state index is 0.178. The summed E-state index contributed by atoms with van der Waals surface area (Å²) in [7, 11) is 0. The highest BCUT2D eigenvalue weighted by Gasteiger charge is 2.42. The van der Waals surface area contributed by atoms with Gasteiger partial charge in [-0.1, -0.05) is 29.8 Å². The van der Waals surface area contributed by atoms with E-state index in [1.807, 2.05) is 67.6 Å². The SMILES string of the molecule is Cc1c(Cl)cccc1-c1ccc([C@@H]2[C@@H](c3ccccn3)NC(=S)N2c2ccc(OC3CCCC3)cc2)o1. The number of rotatable bonds is 6. The van der Waals surface area contributed by atoms with Gasteiger partial charge in [-0.15, -0.1) is 0 Å². The van der Waals surface area contributed by atoms with Gasteiger partial charge >= 0.3 is 0 Å². The first kappa shape index (κ1) is 24.0. The number of nitrogens with zero attached hydrogens (tertiary/aromatic N) is 2. The quantitative estimate of drug-likeness (QED) is 0.257. The molecular weight excluding hydrogens is 502 g/mol. The van der Waals surface area contributed by atoms with Gasteiger partial charge in [0.05, 0.1) is 17.8 Å². The minimum Gasteiger partial charge on any atom is -0.490 e. The topological polar surface area (TPSA) is 50.5 Å². The van der Waals surface area contributed by atoms with Crippen LogP contribution in [0.25, 0.3) is 11.3 Å². The van der Waals surface area contributed by atoms with Gasteiger partial charge in [0.15, 0.2) is 5.11 Å². The molecule has 2 atom stereocenters. The third-order valence-corrected chi connectivity index (χ3v) is 7.99. The van der Waals surface area contributed by atoms with Crippen LogP contribution in [0.4, 0.5) is 5.69 Å². The standard InChI is InChI=1S/C30H28ClN3O2S/c1-19-23(9-6-10-24(19)31)26-16-17-27(36-26)29-28(25-11-4-5-18-32-25)33-30(37)34(29)20-12-14-22(15-13-20)35-21-7-2-3-8-21/h4-6,9-18,21,28-29H,2-3,7-8H2,1H3,(H,33,37)/t28-,29-/m1/s1. The van der Waals surface area contributed by atoms with Gasteiger partial charge in [0, 0.05) is 22.5 Å². The van der Waals surface area contributed by atoms with Crippen LogP contribution in [0, 0.1) is 6.92 Å². The fraction of sp³-hybridized carbons (Fsp3) is 0.267. The normalized spacial score (nSPS) is 19.8. The lowest BCUT2D eigenvalue weighted by Crippen LogP contribution is -2.29. The zero-order valence-electron chi connectivity index (χ0n) is 20.6. The number of anilines is 1. The van der Waals surface area contributed by atoms with Gasteiger partial charge in [-0.05, 0) is 105 Å². The molecule has 5 nitrogen and oxygen atoms in total. The molecule has 1 aliphatic heterocycles. The van der Waals surface area contributed by atoms with E-state index in [9.17, 15) is 0 Å². The van der Waals surface area contributed by atoms with Gasteiger partial charge in [-0.2, -0.15) is 0 Å². The first-order valence-corrected chi connectivity index (χ1v) is 13.5. The third-order valence-electron chi connectivity index (χ3n) is 7.27. The fourth-order valence-corrected chi connectivity index (χ4v) is 5.86. The monoisotopic (exact) mass is 529 g/mol. The van der Waals surface area contributed by atoms with Gasteiger partial charge in [0.25, 0.3) is 0 Å². The summed E-state index contributed by atoms with van der Waals surface area (Å²) < 4.78 is 12.7. The molecule has 2 aliphatic rings. The third kappa shape index (κ3) is 4.72. The highest BCUT2D eigenvalue weighted by atomic mass is 35.5. The maximum absolute atomic E-state index is 6.50. The van der Waals surface area contributed by atoms with E-state index < -0.39 is 0 Å².